The quantitative estimate of drug-likeness (QED) is 0.686. The maximum atomic E-state index is 5.80. The van der Waals surface area contributed by atoms with Crippen molar-refractivity contribution in [3.05, 3.63) is 0 Å². The second-order valence-corrected chi connectivity index (χ2v) is 4.13. The lowest BCUT2D eigenvalue weighted by Crippen LogP contribution is -2.32. The van der Waals surface area contributed by atoms with Crippen LogP contribution in [0.15, 0.2) is 4.99 Å². The molecule has 0 unspecified atom stereocenters. The van der Waals surface area contributed by atoms with Crippen molar-refractivity contribution in [1.82, 2.24) is 0 Å². The summed E-state index contributed by atoms with van der Waals surface area (Å²) < 4.78 is 5.32. The molecule has 1 aliphatic heterocycles. The Labute approximate surface area is 86.7 Å². The first kappa shape index (κ1) is 11.5. The molecule has 0 saturated heterocycles. The molecule has 1 aliphatic rings. The van der Waals surface area contributed by atoms with E-state index in [1.54, 1.807) is 7.11 Å². The molecular weight excluding hydrogens is 176 g/mol. The number of unbranched alkanes of at least 4 members (excludes halogenated alkanes) is 2. The van der Waals surface area contributed by atoms with Gasteiger partial charge in [-0.2, -0.15) is 0 Å². The van der Waals surface area contributed by atoms with Gasteiger partial charge >= 0.3 is 0 Å². The molecule has 0 aliphatic carbocycles. The first-order valence-corrected chi connectivity index (χ1v) is 5.56. The molecule has 0 bridgehead atoms. The number of rotatable bonds is 5. The number of amidine groups is 1. The zero-order valence-corrected chi connectivity index (χ0v) is 9.49. The highest BCUT2D eigenvalue weighted by atomic mass is 16.5. The van der Waals surface area contributed by atoms with Gasteiger partial charge in [0, 0.05) is 13.0 Å². The lowest BCUT2D eigenvalue weighted by Gasteiger charge is -2.18. The third kappa shape index (κ3) is 2.47. The topological polar surface area (TPSA) is 47.6 Å². The summed E-state index contributed by atoms with van der Waals surface area (Å²) in [7, 11) is 1.71. The molecule has 82 valence electrons. The lowest BCUT2D eigenvalue weighted by molar-refractivity contribution is 0.110. The third-order valence-corrected chi connectivity index (χ3v) is 3.05. The van der Waals surface area contributed by atoms with E-state index in [2.05, 4.69) is 18.8 Å². The van der Waals surface area contributed by atoms with Crippen LogP contribution in [-0.4, -0.2) is 25.1 Å². The molecule has 0 amide bonds. The second kappa shape index (κ2) is 5.35. The van der Waals surface area contributed by atoms with E-state index < -0.39 is 0 Å². The van der Waals surface area contributed by atoms with Crippen LogP contribution in [0.5, 0.6) is 0 Å². The Morgan fingerprint density at radius 1 is 1.43 bits per heavy atom. The highest BCUT2D eigenvalue weighted by molar-refractivity contribution is 5.87. The molecule has 0 radical (unpaired) electrons. The van der Waals surface area contributed by atoms with Gasteiger partial charge in [-0.3, -0.25) is 4.99 Å². The third-order valence-electron chi connectivity index (χ3n) is 3.05. The van der Waals surface area contributed by atoms with E-state index in [1.165, 1.54) is 19.3 Å². The number of hydrogen-bond donors (Lipinski definition) is 1. The van der Waals surface area contributed by atoms with E-state index in [4.69, 9.17) is 10.5 Å². The van der Waals surface area contributed by atoms with Gasteiger partial charge in [0.1, 0.15) is 11.9 Å². The first-order chi connectivity index (χ1) is 6.70. The van der Waals surface area contributed by atoms with Gasteiger partial charge in [-0.1, -0.05) is 33.1 Å². The second-order valence-electron chi connectivity index (χ2n) is 4.13. The molecule has 0 aromatic carbocycles. The summed E-state index contributed by atoms with van der Waals surface area (Å²) in [5.41, 5.74) is 5.80. The monoisotopic (exact) mass is 198 g/mol. The van der Waals surface area contributed by atoms with Crippen LogP contribution in [-0.2, 0) is 4.74 Å². The molecule has 1 rings (SSSR count). The number of nitrogens with zero attached hydrogens (tertiary/aromatic N) is 1. The number of ether oxygens (including phenoxy) is 1. The molecule has 0 fully saturated rings. The van der Waals surface area contributed by atoms with Crippen LogP contribution in [0.1, 0.15) is 39.5 Å². The zero-order chi connectivity index (χ0) is 10.6. The van der Waals surface area contributed by atoms with Gasteiger partial charge in [0.25, 0.3) is 0 Å². The predicted molar refractivity (Wildman–Crippen MR) is 59.5 cm³/mol. The van der Waals surface area contributed by atoms with Crippen molar-refractivity contribution < 1.29 is 4.74 Å². The van der Waals surface area contributed by atoms with Crippen LogP contribution < -0.4 is 5.73 Å². The zero-order valence-electron chi connectivity index (χ0n) is 9.49. The Balaban J connectivity index is 2.40. The number of hydrogen-bond acceptors (Lipinski definition) is 3. The summed E-state index contributed by atoms with van der Waals surface area (Å²) in [4.78, 5) is 4.46. The normalized spacial score (nSPS) is 31.9. The smallest absolute Gasteiger partial charge is 0.124 e. The highest BCUT2D eigenvalue weighted by Crippen LogP contribution is 2.26. The van der Waals surface area contributed by atoms with E-state index in [0.29, 0.717) is 17.8 Å². The Morgan fingerprint density at radius 2 is 2.14 bits per heavy atom. The highest BCUT2D eigenvalue weighted by Gasteiger charge is 2.33. The van der Waals surface area contributed by atoms with Gasteiger partial charge in [-0.25, -0.2) is 0 Å². The molecular formula is C11H22N2O. The molecule has 2 N–H and O–H groups in total. The van der Waals surface area contributed by atoms with E-state index >= 15 is 0 Å². The van der Waals surface area contributed by atoms with Crippen molar-refractivity contribution in [1.29, 1.82) is 0 Å². The number of methoxy groups -OCH3 is 1. The van der Waals surface area contributed by atoms with Crippen molar-refractivity contribution in [2.24, 2.45) is 16.6 Å². The molecule has 1 heterocycles. The minimum Gasteiger partial charge on any atom is -0.385 e. The van der Waals surface area contributed by atoms with Gasteiger partial charge in [0.05, 0.1) is 6.04 Å². The van der Waals surface area contributed by atoms with E-state index in [0.717, 1.165) is 6.42 Å². The Kier molecular flexibility index (Phi) is 4.39. The summed E-state index contributed by atoms with van der Waals surface area (Å²) in [5, 5.41) is 0. The van der Waals surface area contributed by atoms with Crippen molar-refractivity contribution in [3.8, 4) is 0 Å². The summed E-state index contributed by atoms with van der Waals surface area (Å²) in [6, 6.07) is 0.381. The molecule has 14 heavy (non-hydrogen) atoms. The fourth-order valence-electron chi connectivity index (χ4n) is 2.12. The number of nitrogens with two attached hydrogens (primary N) is 1. The van der Waals surface area contributed by atoms with Gasteiger partial charge in [-0.05, 0) is 6.42 Å². The van der Waals surface area contributed by atoms with Crippen molar-refractivity contribution in [3.63, 3.8) is 0 Å². The standard InChI is InChI=1S/C11H22N2O/c1-4-5-6-7-9-8(2)10(14-3)11(12)13-9/h8-10H,4-7H2,1-3H3,(H2,12,13)/t8-,9+,10-/m0/s1. The van der Waals surface area contributed by atoms with Crippen LogP contribution in [0, 0.1) is 5.92 Å². The molecule has 3 heteroatoms. The van der Waals surface area contributed by atoms with Crippen molar-refractivity contribution >= 4 is 5.84 Å². The van der Waals surface area contributed by atoms with Crippen molar-refractivity contribution in [2.75, 3.05) is 7.11 Å². The average molecular weight is 198 g/mol. The fourth-order valence-corrected chi connectivity index (χ4v) is 2.12. The number of aliphatic imine (C=N–C) groups is 1. The van der Waals surface area contributed by atoms with Crippen LogP contribution in [0.25, 0.3) is 0 Å². The average Bonchev–Trinajstić information content (AvgIpc) is 2.42. The maximum Gasteiger partial charge on any atom is 0.124 e. The van der Waals surface area contributed by atoms with Gasteiger partial charge in [0.2, 0.25) is 0 Å². The Bertz CT molecular complexity index is 203. The summed E-state index contributed by atoms with van der Waals surface area (Å²) in [5.74, 6) is 1.12. The van der Waals surface area contributed by atoms with Crippen molar-refractivity contribution in [2.45, 2.75) is 51.7 Å². The van der Waals surface area contributed by atoms with Crippen LogP contribution in [0.2, 0.25) is 0 Å². The van der Waals surface area contributed by atoms with Crippen LogP contribution in [0.3, 0.4) is 0 Å². The molecule has 0 saturated carbocycles. The molecule has 3 atom stereocenters. The minimum atomic E-state index is 0.0432. The van der Waals surface area contributed by atoms with Gasteiger partial charge < -0.3 is 10.5 Å². The minimum absolute atomic E-state index is 0.0432. The van der Waals surface area contributed by atoms with E-state index in [9.17, 15) is 0 Å². The molecule has 0 aromatic rings. The first-order valence-electron chi connectivity index (χ1n) is 5.56. The SMILES string of the molecule is CCCCC[C@H]1N=C(N)[C@@H](OC)[C@H]1C. The van der Waals surface area contributed by atoms with E-state index in [1.807, 2.05) is 0 Å². The Hall–Kier alpha value is -0.570. The summed E-state index contributed by atoms with van der Waals surface area (Å²) in [6.45, 7) is 4.39. The summed E-state index contributed by atoms with van der Waals surface area (Å²) >= 11 is 0. The van der Waals surface area contributed by atoms with E-state index in [-0.39, 0.29) is 6.10 Å². The fraction of sp³-hybridized carbons (Fsp3) is 0.909. The largest absolute Gasteiger partial charge is 0.385 e. The maximum absolute atomic E-state index is 5.80. The van der Waals surface area contributed by atoms with Gasteiger partial charge in [0.15, 0.2) is 0 Å². The predicted octanol–water partition coefficient (Wildman–Crippen LogP) is 1.96. The molecule has 0 spiro atoms. The molecule has 0 aromatic heterocycles. The Morgan fingerprint density at radius 3 is 2.64 bits per heavy atom. The molecule has 3 nitrogen and oxygen atoms in total. The van der Waals surface area contributed by atoms with Crippen LogP contribution >= 0.6 is 0 Å². The van der Waals surface area contributed by atoms with Gasteiger partial charge in [-0.15, -0.1) is 0 Å². The van der Waals surface area contributed by atoms with Crippen LogP contribution in [0.4, 0.5) is 0 Å². The summed E-state index contributed by atoms with van der Waals surface area (Å²) in [6.07, 6.45) is 4.99. The lowest BCUT2D eigenvalue weighted by atomic mass is 9.95.